The van der Waals surface area contributed by atoms with E-state index < -0.39 is 0 Å². The Labute approximate surface area is 187 Å². The molecule has 31 heavy (non-hydrogen) atoms. The molecule has 0 spiro atoms. The summed E-state index contributed by atoms with van der Waals surface area (Å²) in [5, 5.41) is 8.07. The molecule has 0 radical (unpaired) electrons. The zero-order chi connectivity index (χ0) is 21.6. The van der Waals surface area contributed by atoms with E-state index in [1.807, 2.05) is 29.6 Å². The fourth-order valence-electron chi connectivity index (χ4n) is 2.93. The summed E-state index contributed by atoms with van der Waals surface area (Å²) in [6.07, 6.45) is 2.16. The molecule has 2 N–H and O–H groups in total. The van der Waals surface area contributed by atoms with Crippen LogP contribution in [0.3, 0.4) is 0 Å². The number of hydrogen-bond acceptors (Lipinski definition) is 5. The smallest absolute Gasteiger partial charge is 0.265 e. The summed E-state index contributed by atoms with van der Waals surface area (Å²) >= 11 is 7.55. The van der Waals surface area contributed by atoms with Crippen molar-refractivity contribution >= 4 is 46.1 Å². The SMILES string of the molecule is O=C(CCc1ncc(-c2ccccc2Cl)o1)Nc1cccc(NC(=O)c2cccs2)c1. The second kappa shape index (κ2) is 9.59. The summed E-state index contributed by atoms with van der Waals surface area (Å²) < 4.78 is 5.73. The number of aromatic nitrogens is 1. The molecule has 0 atom stereocenters. The summed E-state index contributed by atoms with van der Waals surface area (Å²) in [7, 11) is 0. The van der Waals surface area contributed by atoms with E-state index in [0.29, 0.717) is 39.3 Å². The quantitative estimate of drug-likeness (QED) is 0.367. The van der Waals surface area contributed by atoms with E-state index in [0.717, 1.165) is 5.56 Å². The molecule has 0 aliphatic rings. The molecule has 6 nitrogen and oxygen atoms in total. The van der Waals surface area contributed by atoms with Gasteiger partial charge in [0.25, 0.3) is 5.91 Å². The number of nitrogens with one attached hydrogen (secondary N) is 2. The first-order valence-electron chi connectivity index (χ1n) is 9.53. The van der Waals surface area contributed by atoms with Gasteiger partial charge in [-0.1, -0.05) is 35.9 Å². The zero-order valence-electron chi connectivity index (χ0n) is 16.3. The Balaban J connectivity index is 1.32. The highest BCUT2D eigenvalue weighted by Crippen LogP contribution is 2.28. The number of amides is 2. The number of carbonyl (C=O) groups is 2. The summed E-state index contributed by atoms with van der Waals surface area (Å²) in [6.45, 7) is 0. The van der Waals surface area contributed by atoms with Gasteiger partial charge in [0.15, 0.2) is 11.7 Å². The van der Waals surface area contributed by atoms with Crippen LogP contribution in [-0.2, 0) is 11.2 Å². The molecule has 0 aliphatic heterocycles. The van der Waals surface area contributed by atoms with Crippen molar-refractivity contribution in [2.45, 2.75) is 12.8 Å². The summed E-state index contributed by atoms with van der Waals surface area (Å²) in [5.74, 6) is 0.660. The fraction of sp³-hybridized carbons (Fsp3) is 0.0870. The third-order valence-electron chi connectivity index (χ3n) is 4.41. The Hall–Kier alpha value is -3.42. The van der Waals surface area contributed by atoms with Crippen LogP contribution in [0, 0.1) is 0 Å². The molecule has 156 valence electrons. The maximum Gasteiger partial charge on any atom is 0.265 e. The Bertz CT molecular complexity index is 1200. The molecule has 8 heteroatoms. The molecule has 2 aromatic heterocycles. The maximum atomic E-state index is 12.3. The van der Waals surface area contributed by atoms with Gasteiger partial charge >= 0.3 is 0 Å². The van der Waals surface area contributed by atoms with Crippen molar-refractivity contribution < 1.29 is 14.0 Å². The van der Waals surface area contributed by atoms with Crippen LogP contribution in [-0.4, -0.2) is 16.8 Å². The highest BCUT2D eigenvalue weighted by Gasteiger charge is 2.12. The van der Waals surface area contributed by atoms with Crippen molar-refractivity contribution in [3.8, 4) is 11.3 Å². The number of rotatable bonds is 7. The van der Waals surface area contributed by atoms with Gasteiger partial charge in [-0.3, -0.25) is 9.59 Å². The molecule has 0 aliphatic carbocycles. The number of aryl methyl sites for hydroxylation is 1. The molecular formula is C23H18ClN3O3S. The number of thiophene rings is 1. The van der Waals surface area contributed by atoms with E-state index in [4.69, 9.17) is 16.0 Å². The molecule has 2 amide bonds. The van der Waals surface area contributed by atoms with Crippen molar-refractivity contribution in [3.63, 3.8) is 0 Å². The van der Waals surface area contributed by atoms with Gasteiger partial charge in [-0.05, 0) is 41.8 Å². The molecule has 4 rings (SSSR count). The highest BCUT2D eigenvalue weighted by atomic mass is 35.5. The maximum absolute atomic E-state index is 12.3. The van der Waals surface area contributed by atoms with Crippen LogP contribution in [0.2, 0.25) is 5.02 Å². The van der Waals surface area contributed by atoms with Crippen molar-refractivity contribution in [2.24, 2.45) is 0 Å². The Kier molecular flexibility index (Phi) is 6.45. The van der Waals surface area contributed by atoms with Gasteiger partial charge in [0.05, 0.1) is 16.1 Å². The summed E-state index contributed by atoms with van der Waals surface area (Å²) in [6, 6.07) is 17.9. The van der Waals surface area contributed by atoms with Crippen LogP contribution in [0.15, 0.2) is 76.7 Å². The van der Waals surface area contributed by atoms with Crippen molar-refractivity contribution in [2.75, 3.05) is 10.6 Å². The lowest BCUT2D eigenvalue weighted by Gasteiger charge is -2.08. The first-order chi connectivity index (χ1) is 15.1. The number of carbonyl (C=O) groups excluding carboxylic acids is 2. The average Bonchev–Trinajstić information content (AvgIpc) is 3.45. The molecule has 0 saturated carbocycles. The van der Waals surface area contributed by atoms with Gasteiger partial charge in [0, 0.05) is 29.8 Å². The molecule has 4 aromatic rings. The highest BCUT2D eigenvalue weighted by molar-refractivity contribution is 7.12. The van der Waals surface area contributed by atoms with Crippen LogP contribution < -0.4 is 10.6 Å². The molecule has 0 unspecified atom stereocenters. The summed E-state index contributed by atoms with van der Waals surface area (Å²) in [4.78, 5) is 29.4. The number of nitrogens with zero attached hydrogens (tertiary/aromatic N) is 1. The van der Waals surface area contributed by atoms with Crippen LogP contribution in [0.5, 0.6) is 0 Å². The lowest BCUT2D eigenvalue weighted by Crippen LogP contribution is -2.13. The van der Waals surface area contributed by atoms with Gasteiger partial charge in [-0.25, -0.2) is 4.98 Å². The van der Waals surface area contributed by atoms with Crippen LogP contribution in [0.1, 0.15) is 22.0 Å². The largest absolute Gasteiger partial charge is 0.441 e. The van der Waals surface area contributed by atoms with Gasteiger partial charge < -0.3 is 15.1 Å². The van der Waals surface area contributed by atoms with Crippen molar-refractivity contribution in [1.82, 2.24) is 4.98 Å². The Morgan fingerprint density at radius 1 is 1.00 bits per heavy atom. The molecule has 0 saturated heterocycles. The lowest BCUT2D eigenvalue weighted by molar-refractivity contribution is -0.116. The average molecular weight is 452 g/mol. The van der Waals surface area contributed by atoms with Gasteiger partial charge in [0.2, 0.25) is 5.91 Å². The first kappa shape index (κ1) is 20.8. The number of oxazole rings is 1. The minimum absolute atomic E-state index is 0.181. The Morgan fingerprint density at radius 2 is 1.81 bits per heavy atom. The van der Waals surface area contributed by atoms with E-state index in [9.17, 15) is 9.59 Å². The third kappa shape index (κ3) is 5.39. The molecule has 0 fully saturated rings. The van der Waals surface area contributed by atoms with E-state index in [1.165, 1.54) is 11.3 Å². The second-order valence-electron chi connectivity index (χ2n) is 6.66. The third-order valence-corrected chi connectivity index (χ3v) is 5.61. The second-order valence-corrected chi connectivity index (χ2v) is 8.01. The fourth-order valence-corrected chi connectivity index (χ4v) is 3.78. The Morgan fingerprint density at radius 3 is 2.58 bits per heavy atom. The number of hydrogen-bond donors (Lipinski definition) is 2. The van der Waals surface area contributed by atoms with Gasteiger partial charge in [-0.15, -0.1) is 11.3 Å². The van der Waals surface area contributed by atoms with Crippen molar-refractivity contribution in [1.29, 1.82) is 0 Å². The van der Waals surface area contributed by atoms with Crippen LogP contribution in [0.4, 0.5) is 11.4 Å². The number of benzene rings is 2. The van der Waals surface area contributed by atoms with Gasteiger partial charge in [0.1, 0.15) is 0 Å². The minimum Gasteiger partial charge on any atom is -0.441 e. The lowest BCUT2D eigenvalue weighted by atomic mass is 10.2. The summed E-state index contributed by atoms with van der Waals surface area (Å²) in [5.41, 5.74) is 1.96. The monoisotopic (exact) mass is 451 g/mol. The predicted molar refractivity (Wildman–Crippen MR) is 123 cm³/mol. The number of anilines is 2. The molecule has 2 heterocycles. The predicted octanol–water partition coefficient (Wildman–Crippen LogP) is 5.88. The normalized spacial score (nSPS) is 10.6. The topological polar surface area (TPSA) is 84.2 Å². The van der Waals surface area contributed by atoms with E-state index in [1.54, 1.807) is 42.6 Å². The molecular weight excluding hydrogens is 434 g/mol. The van der Waals surface area contributed by atoms with Gasteiger partial charge in [-0.2, -0.15) is 0 Å². The van der Waals surface area contributed by atoms with E-state index in [2.05, 4.69) is 15.6 Å². The van der Waals surface area contributed by atoms with Crippen LogP contribution >= 0.6 is 22.9 Å². The van der Waals surface area contributed by atoms with E-state index >= 15 is 0 Å². The van der Waals surface area contributed by atoms with E-state index in [-0.39, 0.29) is 18.2 Å². The standard InChI is InChI=1S/C23H18ClN3O3S/c24-18-8-2-1-7-17(18)19-14-25-22(30-19)11-10-21(28)26-15-5-3-6-16(13-15)27-23(29)20-9-4-12-31-20/h1-9,12-14H,10-11H2,(H,26,28)(H,27,29). The number of halogens is 1. The zero-order valence-corrected chi connectivity index (χ0v) is 17.9. The van der Waals surface area contributed by atoms with Crippen LogP contribution in [0.25, 0.3) is 11.3 Å². The molecule has 0 bridgehead atoms. The molecule has 2 aromatic carbocycles. The first-order valence-corrected chi connectivity index (χ1v) is 10.8. The van der Waals surface area contributed by atoms with Crippen molar-refractivity contribution in [3.05, 3.63) is 88.0 Å². The minimum atomic E-state index is -0.184.